The van der Waals surface area contributed by atoms with Gasteiger partial charge in [0, 0.05) is 39.5 Å². The third kappa shape index (κ3) is 4.05. The Bertz CT molecular complexity index is 695. The molecule has 0 fully saturated rings. The Morgan fingerprint density at radius 1 is 1.38 bits per heavy atom. The molecule has 0 spiro atoms. The molecule has 1 rings (SSSR count). The van der Waals surface area contributed by atoms with Crippen LogP contribution in [0.3, 0.4) is 0 Å². The van der Waals surface area contributed by atoms with Crippen LogP contribution >= 0.6 is 0 Å². The molecule has 0 aliphatic rings. The molecule has 0 N–H and O–H groups in total. The van der Waals surface area contributed by atoms with Crippen LogP contribution in [0, 0.1) is 0 Å². The van der Waals surface area contributed by atoms with E-state index in [0.717, 1.165) is 10.1 Å². The van der Waals surface area contributed by atoms with Crippen molar-refractivity contribution in [3.63, 3.8) is 0 Å². The fourth-order valence-electron chi connectivity index (χ4n) is 1.89. The van der Waals surface area contributed by atoms with Crippen LogP contribution < -0.4 is 11.2 Å². The van der Waals surface area contributed by atoms with Crippen LogP contribution in [0.25, 0.3) is 6.08 Å². The monoisotopic (exact) mass is 291 g/mol. The minimum absolute atomic E-state index is 0.198. The average Bonchev–Trinajstić information content (AvgIpc) is 2.44. The SMILES string of the molecule is C=C(C)CN(CC)C(=O)/C=C/c1cn(C)c(=O)n(C)c1=O. The van der Waals surface area contributed by atoms with Gasteiger partial charge in [0.1, 0.15) is 0 Å². The van der Waals surface area contributed by atoms with Gasteiger partial charge in [0.2, 0.25) is 5.91 Å². The Hall–Kier alpha value is -2.37. The number of hydrogen-bond donors (Lipinski definition) is 0. The first-order valence-corrected chi connectivity index (χ1v) is 6.66. The molecule has 0 atom stereocenters. The molecule has 0 saturated heterocycles. The molecular weight excluding hydrogens is 270 g/mol. The summed E-state index contributed by atoms with van der Waals surface area (Å²) in [6.45, 7) is 8.54. The lowest BCUT2D eigenvalue weighted by molar-refractivity contribution is -0.125. The summed E-state index contributed by atoms with van der Waals surface area (Å²) in [5.74, 6) is -0.198. The zero-order chi connectivity index (χ0) is 16.2. The molecule has 0 aliphatic carbocycles. The van der Waals surface area contributed by atoms with Crippen molar-refractivity contribution in [1.82, 2.24) is 14.0 Å². The number of carbonyl (C=O) groups excluding carboxylic acids is 1. The highest BCUT2D eigenvalue weighted by molar-refractivity contribution is 5.91. The molecule has 6 heteroatoms. The van der Waals surface area contributed by atoms with Gasteiger partial charge in [0.05, 0.1) is 5.56 Å². The average molecular weight is 291 g/mol. The minimum Gasteiger partial charge on any atom is -0.335 e. The molecule has 21 heavy (non-hydrogen) atoms. The molecule has 0 aliphatic heterocycles. The quantitative estimate of drug-likeness (QED) is 0.587. The number of aromatic nitrogens is 2. The van der Waals surface area contributed by atoms with E-state index in [1.807, 2.05) is 13.8 Å². The molecular formula is C15H21N3O3. The van der Waals surface area contributed by atoms with Gasteiger partial charge in [-0.15, -0.1) is 0 Å². The summed E-state index contributed by atoms with van der Waals surface area (Å²) in [6.07, 6.45) is 4.20. The van der Waals surface area contributed by atoms with E-state index in [-0.39, 0.29) is 5.91 Å². The van der Waals surface area contributed by atoms with Crippen molar-refractivity contribution in [2.45, 2.75) is 13.8 Å². The Balaban J connectivity index is 3.06. The third-order valence-corrected chi connectivity index (χ3v) is 3.03. The molecule has 6 nitrogen and oxygen atoms in total. The van der Waals surface area contributed by atoms with Crippen LogP contribution in [0.4, 0.5) is 0 Å². The fraction of sp³-hybridized carbons (Fsp3) is 0.400. The Morgan fingerprint density at radius 3 is 2.52 bits per heavy atom. The van der Waals surface area contributed by atoms with Gasteiger partial charge in [-0.2, -0.15) is 0 Å². The molecule has 0 unspecified atom stereocenters. The summed E-state index contributed by atoms with van der Waals surface area (Å²) in [4.78, 5) is 37.2. The minimum atomic E-state index is -0.426. The van der Waals surface area contributed by atoms with Crippen LogP contribution in [0.2, 0.25) is 0 Å². The molecule has 0 saturated carbocycles. The van der Waals surface area contributed by atoms with E-state index in [4.69, 9.17) is 0 Å². The molecule has 1 amide bonds. The molecule has 1 heterocycles. The third-order valence-electron chi connectivity index (χ3n) is 3.03. The van der Waals surface area contributed by atoms with E-state index in [2.05, 4.69) is 6.58 Å². The van der Waals surface area contributed by atoms with Gasteiger partial charge in [-0.3, -0.25) is 14.2 Å². The van der Waals surface area contributed by atoms with Gasteiger partial charge < -0.3 is 9.47 Å². The lowest BCUT2D eigenvalue weighted by atomic mass is 10.2. The molecule has 1 aromatic rings. The van der Waals surface area contributed by atoms with Crippen molar-refractivity contribution in [3.8, 4) is 0 Å². The molecule has 1 aromatic heterocycles. The van der Waals surface area contributed by atoms with E-state index in [0.29, 0.717) is 18.7 Å². The summed E-state index contributed by atoms with van der Waals surface area (Å²) in [6, 6.07) is 0. The highest BCUT2D eigenvalue weighted by atomic mass is 16.2. The van der Waals surface area contributed by atoms with Gasteiger partial charge in [0.25, 0.3) is 5.56 Å². The van der Waals surface area contributed by atoms with Crippen LogP contribution in [0.1, 0.15) is 19.4 Å². The smallest absolute Gasteiger partial charge is 0.330 e. The number of hydrogen-bond acceptors (Lipinski definition) is 3. The van der Waals surface area contributed by atoms with E-state index in [1.165, 1.54) is 30.0 Å². The van der Waals surface area contributed by atoms with Crippen molar-refractivity contribution in [2.24, 2.45) is 14.1 Å². The largest absolute Gasteiger partial charge is 0.335 e. The van der Waals surface area contributed by atoms with Crippen LogP contribution in [-0.2, 0) is 18.9 Å². The number of rotatable bonds is 5. The first-order chi connectivity index (χ1) is 9.77. The first kappa shape index (κ1) is 16.7. The summed E-state index contributed by atoms with van der Waals surface area (Å²) in [5.41, 5.74) is 0.349. The zero-order valence-corrected chi connectivity index (χ0v) is 12.9. The maximum Gasteiger partial charge on any atom is 0.330 e. The highest BCUT2D eigenvalue weighted by Crippen LogP contribution is 2.00. The summed E-state index contributed by atoms with van der Waals surface area (Å²) in [7, 11) is 2.96. The Labute approximate surface area is 123 Å². The van der Waals surface area contributed by atoms with Gasteiger partial charge in [0.15, 0.2) is 0 Å². The van der Waals surface area contributed by atoms with E-state index in [1.54, 1.807) is 11.9 Å². The van der Waals surface area contributed by atoms with Gasteiger partial charge >= 0.3 is 5.69 Å². The maximum absolute atomic E-state index is 12.1. The van der Waals surface area contributed by atoms with Crippen LogP contribution in [-0.4, -0.2) is 33.0 Å². The van der Waals surface area contributed by atoms with Crippen LogP contribution in [0.15, 0.2) is 34.0 Å². The van der Waals surface area contributed by atoms with E-state index >= 15 is 0 Å². The van der Waals surface area contributed by atoms with Crippen LogP contribution in [0.5, 0.6) is 0 Å². The first-order valence-electron chi connectivity index (χ1n) is 6.66. The van der Waals surface area contributed by atoms with Crippen molar-refractivity contribution in [3.05, 3.63) is 50.8 Å². The molecule has 0 bridgehead atoms. The van der Waals surface area contributed by atoms with Crippen molar-refractivity contribution < 1.29 is 4.79 Å². The van der Waals surface area contributed by atoms with E-state index in [9.17, 15) is 14.4 Å². The second-order valence-corrected chi connectivity index (χ2v) is 4.98. The number of aryl methyl sites for hydroxylation is 1. The normalized spacial score (nSPS) is 10.9. The van der Waals surface area contributed by atoms with Gasteiger partial charge in [-0.1, -0.05) is 12.2 Å². The Morgan fingerprint density at radius 2 is 2.00 bits per heavy atom. The van der Waals surface area contributed by atoms with Crippen molar-refractivity contribution in [1.29, 1.82) is 0 Å². The fourth-order valence-corrected chi connectivity index (χ4v) is 1.89. The van der Waals surface area contributed by atoms with Gasteiger partial charge in [-0.25, -0.2) is 4.79 Å². The number of likely N-dealkylation sites (N-methyl/N-ethyl adjacent to an activating group) is 1. The highest BCUT2D eigenvalue weighted by Gasteiger charge is 2.09. The zero-order valence-electron chi connectivity index (χ0n) is 12.9. The number of carbonyl (C=O) groups is 1. The maximum atomic E-state index is 12.1. The lowest BCUT2D eigenvalue weighted by Gasteiger charge is -2.18. The topological polar surface area (TPSA) is 64.3 Å². The Kier molecular flexibility index (Phi) is 5.46. The summed E-state index contributed by atoms with van der Waals surface area (Å²) in [5, 5.41) is 0. The molecule has 114 valence electrons. The summed E-state index contributed by atoms with van der Waals surface area (Å²) < 4.78 is 2.31. The molecule has 0 aromatic carbocycles. The standard InChI is InChI=1S/C15H21N3O3/c1-6-18(9-11(2)3)13(19)8-7-12-10-16(4)15(21)17(5)14(12)20/h7-8,10H,2,6,9H2,1,3-5H3/b8-7+. The van der Waals surface area contributed by atoms with Crippen molar-refractivity contribution in [2.75, 3.05) is 13.1 Å². The van der Waals surface area contributed by atoms with E-state index < -0.39 is 11.2 Å². The predicted molar refractivity (Wildman–Crippen MR) is 83.0 cm³/mol. The second-order valence-electron chi connectivity index (χ2n) is 4.98. The number of nitrogens with zero attached hydrogens (tertiary/aromatic N) is 3. The van der Waals surface area contributed by atoms with Gasteiger partial charge in [-0.05, 0) is 19.9 Å². The second kappa shape index (κ2) is 6.88. The predicted octanol–water partition coefficient (Wildman–Crippen LogP) is 0.522. The summed E-state index contributed by atoms with van der Waals surface area (Å²) >= 11 is 0. The molecule has 0 radical (unpaired) electrons. The van der Waals surface area contributed by atoms with Crippen molar-refractivity contribution >= 4 is 12.0 Å². The lowest BCUT2D eigenvalue weighted by Crippen LogP contribution is -2.37. The number of amides is 1.